The highest BCUT2D eigenvalue weighted by Gasteiger charge is 2.35. The summed E-state index contributed by atoms with van der Waals surface area (Å²) in [6, 6.07) is 2.56. The van der Waals surface area contributed by atoms with E-state index in [1.165, 1.54) is 64.2 Å². The molecule has 4 nitrogen and oxygen atoms in total. The molecule has 2 saturated carbocycles. The van der Waals surface area contributed by atoms with Crippen molar-refractivity contribution in [3.63, 3.8) is 0 Å². The Balaban J connectivity index is 1.42. The van der Waals surface area contributed by atoms with Crippen LogP contribution in [0.1, 0.15) is 77.0 Å². The molecule has 0 aromatic carbocycles. The molecule has 0 aromatic rings. The minimum absolute atomic E-state index is 0.115. The maximum atomic E-state index is 12.3. The molecule has 1 atom stereocenters. The van der Waals surface area contributed by atoms with Crippen molar-refractivity contribution in [2.75, 3.05) is 13.1 Å². The highest BCUT2D eigenvalue weighted by molar-refractivity contribution is 5.79. The normalized spacial score (nSPS) is 28.5. The van der Waals surface area contributed by atoms with E-state index < -0.39 is 0 Å². The van der Waals surface area contributed by atoms with Gasteiger partial charge in [-0.1, -0.05) is 25.7 Å². The predicted molar refractivity (Wildman–Crippen MR) is 90.7 cm³/mol. The molecule has 1 amide bonds. The molecule has 4 heteroatoms. The molecule has 1 heterocycles. The first-order valence-corrected chi connectivity index (χ1v) is 9.65. The van der Waals surface area contributed by atoms with Gasteiger partial charge >= 0.3 is 0 Å². The first-order chi connectivity index (χ1) is 11.2. The van der Waals surface area contributed by atoms with Crippen LogP contribution >= 0.6 is 0 Å². The summed E-state index contributed by atoms with van der Waals surface area (Å²) in [6.07, 6.45) is 15.5. The van der Waals surface area contributed by atoms with Gasteiger partial charge in [-0.15, -0.1) is 0 Å². The number of carbonyl (C=O) groups is 1. The van der Waals surface area contributed by atoms with E-state index in [0.29, 0.717) is 18.0 Å². The fraction of sp³-hybridized carbons (Fsp3) is 0.895. The summed E-state index contributed by atoms with van der Waals surface area (Å²) in [5, 5.41) is 12.6. The topological polar surface area (TPSA) is 56.1 Å². The SMILES string of the molecule is N#C[C@@H]1CCCN1C(=O)CNC1CCC2(CCCCCC2)CC1. The van der Waals surface area contributed by atoms with Gasteiger partial charge in [0.1, 0.15) is 6.04 Å². The second kappa shape index (κ2) is 7.66. The van der Waals surface area contributed by atoms with Crippen LogP contribution in [-0.2, 0) is 4.79 Å². The van der Waals surface area contributed by atoms with Gasteiger partial charge in [0.05, 0.1) is 12.6 Å². The quantitative estimate of drug-likeness (QED) is 0.868. The van der Waals surface area contributed by atoms with Gasteiger partial charge in [0.2, 0.25) is 5.91 Å². The highest BCUT2D eigenvalue weighted by Crippen LogP contribution is 2.46. The van der Waals surface area contributed by atoms with Crippen molar-refractivity contribution in [1.82, 2.24) is 10.2 Å². The van der Waals surface area contributed by atoms with Crippen LogP contribution in [0.2, 0.25) is 0 Å². The zero-order valence-corrected chi connectivity index (χ0v) is 14.4. The standard InChI is InChI=1S/C19H31N3O/c20-14-17-6-5-13-22(17)18(23)15-21-16-7-11-19(12-8-16)9-3-1-2-4-10-19/h16-17,21H,1-13,15H2/t17-/m0/s1. The zero-order valence-electron chi connectivity index (χ0n) is 14.4. The van der Waals surface area contributed by atoms with Gasteiger partial charge in [-0.3, -0.25) is 4.79 Å². The third kappa shape index (κ3) is 4.07. The van der Waals surface area contributed by atoms with Crippen LogP contribution < -0.4 is 5.32 Å². The fourth-order valence-corrected chi connectivity index (χ4v) is 4.95. The third-order valence-electron chi connectivity index (χ3n) is 6.47. The average Bonchev–Trinajstić information content (AvgIpc) is 2.95. The van der Waals surface area contributed by atoms with Crippen molar-refractivity contribution in [2.45, 2.75) is 89.1 Å². The fourth-order valence-electron chi connectivity index (χ4n) is 4.95. The first kappa shape index (κ1) is 16.8. The van der Waals surface area contributed by atoms with Crippen molar-refractivity contribution in [3.05, 3.63) is 0 Å². The molecule has 23 heavy (non-hydrogen) atoms. The van der Waals surface area contributed by atoms with Gasteiger partial charge in [0.25, 0.3) is 0 Å². The molecule has 128 valence electrons. The molecular formula is C19H31N3O. The lowest BCUT2D eigenvalue weighted by Crippen LogP contribution is -2.45. The van der Waals surface area contributed by atoms with Crippen LogP contribution in [-0.4, -0.2) is 36.0 Å². The zero-order chi connectivity index (χ0) is 16.1. The average molecular weight is 317 g/mol. The Morgan fingerprint density at radius 1 is 1.04 bits per heavy atom. The predicted octanol–water partition coefficient (Wildman–Crippen LogP) is 3.37. The maximum absolute atomic E-state index is 12.3. The van der Waals surface area contributed by atoms with Gasteiger partial charge in [-0.05, 0) is 56.8 Å². The second-order valence-electron chi connectivity index (χ2n) is 7.94. The summed E-state index contributed by atoms with van der Waals surface area (Å²) in [5.74, 6) is 0.115. The first-order valence-electron chi connectivity index (χ1n) is 9.65. The lowest BCUT2D eigenvalue weighted by molar-refractivity contribution is -0.130. The van der Waals surface area contributed by atoms with E-state index in [0.717, 1.165) is 19.4 Å². The summed E-state index contributed by atoms with van der Waals surface area (Å²) < 4.78 is 0. The highest BCUT2D eigenvalue weighted by atomic mass is 16.2. The lowest BCUT2D eigenvalue weighted by Gasteiger charge is -2.40. The van der Waals surface area contributed by atoms with E-state index >= 15 is 0 Å². The van der Waals surface area contributed by atoms with Crippen molar-refractivity contribution in [1.29, 1.82) is 5.26 Å². The molecule has 0 bridgehead atoms. The van der Waals surface area contributed by atoms with E-state index in [9.17, 15) is 4.79 Å². The maximum Gasteiger partial charge on any atom is 0.237 e. The van der Waals surface area contributed by atoms with Crippen molar-refractivity contribution in [2.24, 2.45) is 5.41 Å². The molecule has 0 radical (unpaired) electrons. The lowest BCUT2D eigenvalue weighted by atomic mass is 9.68. The van der Waals surface area contributed by atoms with Gasteiger partial charge in [-0.25, -0.2) is 0 Å². The Hall–Kier alpha value is -1.08. The molecule has 3 fully saturated rings. The van der Waals surface area contributed by atoms with Crippen LogP contribution in [0.4, 0.5) is 0 Å². The van der Waals surface area contributed by atoms with E-state index in [2.05, 4.69) is 11.4 Å². The van der Waals surface area contributed by atoms with Gasteiger partial charge in [0.15, 0.2) is 0 Å². The van der Waals surface area contributed by atoms with Crippen LogP contribution in [0.3, 0.4) is 0 Å². The summed E-state index contributed by atoms with van der Waals surface area (Å²) >= 11 is 0. The molecule has 0 unspecified atom stereocenters. The van der Waals surface area contributed by atoms with Gasteiger partial charge < -0.3 is 10.2 Å². The van der Waals surface area contributed by atoms with Crippen LogP contribution in [0.5, 0.6) is 0 Å². The molecule has 1 N–H and O–H groups in total. The number of hydrogen-bond donors (Lipinski definition) is 1. The number of rotatable bonds is 3. The van der Waals surface area contributed by atoms with E-state index in [1.54, 1.807) is 4.90 Å². The Morgan fingerprint density at radius 3 is 2.39 bits per heavy atom. The minimum atomic E-state index is -0.190. The summed E-state index contributed by atoms with van der Waals surface area (Å²) in [6.45, 7) is 1.17. The smallest absolute Gasteiger partial charge is 0.237 e. The summed E-state index contributed by atoms with van der Waals surface area (Å²) in [4.78, 5) is 14.1. The molecule has 3 aliphatic rings. The third-order valence-corrected chi connectivity index (χ3v) is 6.47. The molecule has 2 aliphatic carbocycles. The van der Waals surface area contributed by atoms with Crippen molar-refractivity contribution in [3.8, 4) is 6.07 Å². The Bertz CT molecular complexity index is 438. The monoisotopic (exact) mass is 317 g/mol. The van der Waals surface area contributed by atoms with Crippen molar-refractivity contribution < 1.29 is 4.79 Å². The molecule has 1 saturated heterocycles. The Kier molecular flexibility index (Phi) is 5.58. The largest absolute Gasteiger partial charge is 0.326 e. The Morgan fingerprint density at radius 2 is 1.74 bits per heavy atom. The molecule has 1 spiro atoms. The van der Waals surface area contributed by atoms with Crippen LogP contribution in [0.25, 0.3) is 0 Å². The molecular weight excluding hydrogens is 286 g/mol. The number of nitriles is 1. The van der Waals surface area contributed by atoms with Crippen LogP contribution in [0, 0.1) is 16.7 Å². The molecule has 0 aromatic heterocycles. The van der Waals surface area contributed by atoms with Gasteiger partial charge in [-0.2, -0.15) is 5.26 Å². The number of amides is 1. The van der Waals surface area contributed by atoms with Gasteiger partial charge in [0, 0.05) is 12.6 Å². The van der Waals surface area contributed by atoms with Crippen LogP contribution in [0.15, 0.2) is 0 Å². The number of carbonyl (C=O) groups excluding carboxylic acids is 1. The van der Waals surface area contributed by atoms with E-state index in [4.69, 9.17) is 5.26 Å². The Labute approximate surface area is 140 Å². The van der Waals surface area contributed by atoms with Crippen molar-refractivity contribution >= 4 is 5.91 Å². The molecule has 3 rings (SSSR count). The number of nitrogens with zero attached hydrogens (tertiary/aromatic N) is 2. The second-order valence-corrected chi connectivity index (χ2v) is 7.94. The summed E-state index contributed by atoms with van der Waals surface area (Å²) in [7, 11) is 0. The minimum Gasteiger partial charge on any atom is -0.326 e. The number of likely N-dealkylation sites (tertiary alicyclic amines) is 1. The summed E-state index contributed by atoms with van der Waals surface area (Å²) in [5.41, 5.74) is 0.625. The number of nitrogens with one attached hydrogen (secondary N) is 1. The van der Waals surface area contributed by atoms with E-state index in [-0.39, 0.29) is 11.9 Å². The van der Waals surface area contributed by atoms with E-state index in [1.807, 2.05) is 0 Å². The number of hydrogen-bond acceptors (Lipinski definition) is 3. The molecule has 1 aliphatic heterocycles.